The van der Waals surface area contributed by atoms with Crippen molar-refractivity contribution in [1.29, 1.82) is 0 Å². The third kappa shape index (κ3) is 6.60. The van der Waals surface area contributed by atoms with E-state index in [1.807, 2.05) is 30.3 Å². The molecule has 4 aromatic rings. The lowest BCUT2D eigenvalue weighted by molar-refractivity contribution is -0.118. The van der Waals surface area contributed by atoms with Crippen LogP contribution in [0.2, 0.25) is 5.02 Å². The fourth-order valence-electron chi connectivity index (χ4n) is 4.58. The highest BCUT2D eigenvalue weighted by molar-refractivity contribution is 7.92. The Labute approximate surface area is 250 Å². The summed E-state index contributed by atoms with van der Waals surface area (Å²) in [5, 5.41) is 3.16. The summed E-state index contributed by atoms with van der Waals surface area (Å²) >= 11 is 5.91. The fourth-order valence-corrected chi connectivity index (χ4v) is 7.44. The molecule has 1 unspecified atom stereocenters. The maximum atomic E-state index is 13.2. The van der Waals surface area contributed by atoms with Crippen LogP contribution < -0.4 is 19.1 Å². The van der Waals surface area contributed by atoms with Gasteiger partial charge in [0.05, 0.1) is 15.5 Å². The summed E-state index contributed by atoms with van der Waals surface area (Å²) in [6.07, 6.45) is 0.548. The minimum atomic E-state index is -3.81. The van der Waals surface area contributed by atoms with Crippen molar-refractivity contribution in [3.63, 3.8) is 0 Å². The number of hydrogen-bond acceptors (Lipinski definition) is 6. The van der Waals surface area contributed by atoms with Gasteiger partial charge in [0.25, 0.3) is 15.9 Å². The zero-order valence-corrected chi connectivity index (χ0v) is 24.9. The molecule has 0 aliphatic carbocycles. The number of halogens is 1. The Morgan fingerprint density at radius 1 is 0.905 bits per heavy atom. The first kappa shape index (κ1) is 29.6. The van der Waals surface area contributed by atoms with Crippen molar-refractivity contribution in [2.45, 2.75) is 29.2 Å². The molecule has 1 amide bonds. The highest BCUT2D eigenvalue weighted by Gasteiger charge is 2.31. The Morgan fingerprint density at radius 3 is 2.26 bits per heavy atom. The fraction of sp³-hybridized carbons (Fsp3) is 0.167. The third-order valence-electron chi connectivity index (χ3n) is 6.76. The highest BCUT2D eigenvalue weighted by Crippen LogP contribution is 2.35. The number of fused-ring (bicyclic) bond motifs is 1. The first-order valence-electron chi connectivity index (χ1n) is 13.0. The molecule has 2 N–H and O–H groups in total. The van der Waals surface area contributed by atoms with E-state index in [0.29, 0.717) is 28.6 Å². The van der Waals surface area contributed by atoms with Crippen LogP contribution in [-0.2, 0) is 31.3 Å². The van der Waals surface area contributed by atoms with Crippen molar-refractivity contribution in [2.24, 2.45) is 0 Å². The first-order valence-corrected chi connectivity index (χ1v) is 16.3. The molecule has 1 aliphatic rings. The van der Waals surface area contributed by atoms with Gasteiger partial charge in [-0.05, 0) is 85.1 Å². The summed E-state index contributed by atoms with van der Waals surface area (Å²) in [5.41, 5.74) is 2.60. The zero-order valence-electron chi connectivity index (χ0n) is 22.5. The van der Waals surface area contributed by atoms with Crippen LogP contribution in [0.3, 0.4) is 0 Å². The Bertz CT molecular complexity index is 1800. The second kappa shape index (κ2) is 12.1. The van der Waals surface area contributed by atoms with E-state index in [1.165, 1.54) is 52.8 Å². The number of carbonyl (C=O) groups is 1. The Morgan fingerprint density at radius 2 is 1.57 bits per heavy atom. The van der Waals surface area contributed by atoms with Gasteiger partial charge in [0, 0.05) is 23.3 Å². The summed E-state index contributed by atoms with van der Waals surface area (Å²) in [6.45, 7) is 1.71. The number of sulfonamides is 2. The van der Waals surface area contributed by atoms with Gasteiger partial charge in [-0.15, -0.1) is 0 Å². The summed E-state index contributed by atoms with van der Waals surface area (Å²) in [7, 11) is -7.58. The number of anilines is 2. The molecule has 0 radical (unpaired) electrons. The molecule has 1 heterocycles. The molecule has 0 fully saturated rings. The standard InChI is InChI=1S/C30H28ClN3O6S2/c1-21(22-5-3-2-4-6-22)33-41(36,37)27-15-11-26(12-16-27)40-20-30(35)32-25-10-7-23-17-18-34(29(23)19-25)42(38,39)28-13-8-24(31)9-14-28/h2-16,19,21,33H,17-18,20H2,1H3,(H,32,35). The first-order chi connectivity index (χ1) is 20.0. The molecule has 0 saturated carbocycles. The molecule has 4 aromatic carbocycles. The number of nitrogens with one attached hydrogen (secondary N) is 2. The molecular formula is C30H28ClN3O6S2. The topological polar surface area (TPSA) is 122 Å². The van der Waals surface area contributed by atoms with Crippen molar-refractivity contribution in [1.82, 2.24) is 4.72 Å². The van der Waals surface area contributed by atoms with Crippen molar-refractivity contribution in [2.75, 3.05) is 22.8 Å². The molecule has 0 spiro atoms. The minimum absolute atomic E-state index is 0.0679. The van der Waals surface area contributed by atoms with E-state index < -0.39 is 32.0 Å². The van der Waals surface area contributed by atoms with Crippen LogP contribution >= 0.6 is 11.6 Å². The number of nitrogens with zero attached hydrogens (tertiary/aromatic N) is 1. The lowest BCUT2D eigenvalue weighted by Crippen LogP contribution is -2.29. The van der Waals surface area contributed by atoms with E-state index in [4.69, 9.17) is 16.3 Å². The minimum Gasteiger partial charge on any atom is -0.484 e. The van der Waals surface area contributed by atoms with Crippen molar-refractivity contribution < 1.29 is 26.4 Å². The summed E-state index contributed by atoms with van der Waals surface area (Å²) in [6, 6.07) is 25.7. The van der Waals surface area contributed by atoms with E-state index in [-0.39, 0.29) is 22.9 Å². The van der Waals surface area contributed by atoms with Gasteiger partial charge in [0.1, 0.15) is 5.75 Å². The normalized spacial score (nSPS) is 13.8. The summed E-state index contributed by atoms with van der Waals surface area (Å²) < 4.78 is 61.6. The lowest BCUT2D eigenvalue weighted by atomic mass is 10.1. The molecule has 1 atom stereocenters. The Hall–Kier alpha value is -3.90. The largest absolute Gasteiger partial charge is 0.484 e. The van der Waals surface area contributed by atoms with Crippen LogP contribution in [0.25, 0.3) is 0 Å². The molecule has 12 heteroatoms. The number of rotatable bonds is 10. The smallest absolute Gasteiger partial charge is 0.264 e. The molecule has 5 rings (SSSR count). The number of carbonyl (C=O) groups excluding carboxylic acids is 1. The van der Waals surface area contributed by atoms with Crippen LogP contribution in [0.4, 0.5) is 11.4 Å². The van der Waals surface area contributed by atoms with Gasteiger partial charge in [-0.3, -0.25) is 9.10 Å². The monoisotopic (exact) mass is 625 g/mol. The average Bonchev–Trinajstić information content (AvgIpc) is 3.41. The Balaban J connectivity index is 1.19. The zero-order chi connectivity index (χ0) is 29.9. The van der Waals surface area contributed by atoms with E-state index in [2.05, 4.69) is 10.0 Å². The van der Waals surface area contributed by atoms with Crippen LogP contribution in [-0.4, -0.2) is 35.9 Å². The van der Waals surface area contributed by atoms with Crippen molar-refractivity contribution >= 4 is 48.9 Å². The second-order valence-electron chi connectivity index (χ2n) is 9.69. The predicted octanol–water partition coefficient (Wildman–Crippen LogP) is 5.15. The van der Waals surface area contributed by atoms with Gasteiger partial charge in [0.15, 0.2) is 6.61 Å². The lowest BCUT2D eigenvalue weighted by Gasteiger charge is -2.20. The molecule has 9 nitrogen and oxygen atoms in total. The highest BCUT2D eigenvalue weighted by atomic mass is 35.5. The predicted molar refractivity (Wildman–Crippen MR) is 162 cm³/mol. The van der Waals surface area contributed by atoms with Gasteiger partial charge in [-0.2, -0.15) is 0 Å². The third-order valence-corrected chi connectivity index (χ3v) is 10.4. The quantitative estimate of drug-likeness (QED) is 0.251. The van der Waals surface area contributed by atoms with Gasteiger partial charge in [-0.1, -0.05) is 48.0 Å². The second-order valence-corrected chi connectivity index (χ2v) is 13.7. The Kier molecular flexibility index (Phi) is 8.55. The van der Waals surface area contributed by atoms with Crippen LogP contribution in [0, 0.1) is 0 Å². The maximum absolute atomic E-state index is 13.2. The average molecular weight is 626 g/mol. The number of ether oxygens (including phenoxy) is 1. The molecule has 42 heavy (non-hydrogen) atoms. The number of hydrogen-bond donors (Lipinski definition) is 2. The van der Waals surface area contributed by atoms with Crippen LogP contribution in [0.15, 0.2) is 107 Å². The van der Waals surface area contributed by atoms with Crippen molar-refractivity contribution in [3.8, 4) is 5.75 Å². The summed E-state index contributed by atoms with van der Waals surface area (Å²) in [5.74, 6) is -0.149. The van der Waals surface area contributed by atoms with Crippen LogP contribution in [0.5, 0.6) is 5.75 Å². The SMILES string of the molecule is CC(NS(=O)(=O)c1ccc(OCC(=O)Nc2ccc3c(c2)N(S(=O)(=O)c2ccc(Cl)cc2)CC3)cc1)c1ccccc1. The van der Waals surface area contributed by atoms with Gasteiger partial charge < -0.3 is 10.1 Å². The molecule has 0 saturated heterocycles. The summed E-state index contributed by atoms with van der Waals surface area (Å²) in [4.78, 5) is 12.8. The van der Waals surface area contributed by atoms with E-state index in [1.54, 1.807) is 25.1 Å². The number of benzene rings is 4. The molecule has 1 aliphatic heterocycles. The van der Waals surface area contributed by atoms with E-state index in [0.717, 1.165) is 11.1 Å². The molecule has 0 bridgehead atoms. The molecule has 218 valence electrons. The van der Waals surface area contributed by atoms with E-state index >= 15 is 0 Å². The molecular weight excluding hydrogens is 598 g/mol. The van der Waals surface area contributed by atoms with Gasteiger partial charge in [-0.25, -0.2) is 21.6 Å². The van der Waals surface area contributed by atoms with Crippen molar-refractivity contribution in [3.05, 3.63) is 113 Å². The number of amides is 1. The van der Waals surface area contributed by atoms with Crippen LogP contribution in [0.1, 0.15) is 24.1 Å². The van der Waals surface area contributed by atoms with Gasteiger partial charge >= 0.3 is 0 Å². The molecule has 0 aromatic heterocycles. The van der Waals surface area contributed by atoms with Gasteiger partial charge in [0.2, 0.25) is 10.0 Å². The maximum Gasteiger partial charge on any atom is 0.264 e. The van der Waals surface area contributed by atoms with E-state index in [9.17, 15) is 21.6 Å².